The molecule has 0 bridgehead atoms. The molecule has 0 aromatic heterocycles. The lowest BCUT2D eigenvalue weighted by atomic mass is 9.88. The zero-order valence-electron chi connectivity index (χ0n) is 13.9. The molecule has 112 valence electrons. The van der Waals surface area contributed by atoms with Crippen LogP contribution in [0.25, 0.3) is 32.7 Å². The van der Waals surface area contributed by atoms with Crippen LogP contribution >= 0.6 is 0 Å². The Balaban J connectivity index is 2.18. The second-order valence-electron chi connectivity index (χ2n) is 6.41. The van der Waals surface area contributed by atoms with Gasteiger partial charge in [0.2, 0.25) is 0 Å². The lowest BCUT2D eigenvalue weighted by molar-refractivity contribution is 1.42. The van der Waals surface area contributed by atoms with Crippen LogP contribution in [0, 0.1) is 20.8 Å². The van der Waals surface area contributed by atoms with E-state index >= 15 is 0 Å². The molecule has 0 nitrogen and oxygen atoms in total. The maximum absolute atomic E-state index is 2.31. The number of fused-ring (bicyclic) bond motifs is 2. The first kappa shape index (κ1) is 14.0. The maximum atomic E-state index is 2.31. The van der Waals surface area contributed by atoms with Crippen LogP contribution in [-0.2, 0) is 0 Å². The van der Waals surface area contributed by atoms with Gasteiger partial charge in [0, 0.05) is 0 Å². The Kier molecular flexibility index (Phi) is 3.20. The summed E-state index contributed by atoms with van der Waals surface area (Å²) in [6, 6.07) is 24.3. The molecule has 0 fully saturated rings. The van der Waals surface area contributed by atoms with Crippen LogP contribution in [-0.4, -0.2) is 0 Å². The zero-order chi connectivity index (χ0) is 16.0. The van der Waals surface area contributed by atoms with Crippen LogP contribution in [0.3, 0.4) is 0 Å². The minimum Gasteiger partial charge on any atom is -0.0616 e. The van der Waals surface area contributed by atoms with Crippen LogP contribution in [0.1, 0.15) is 16.7 Å². The molecule has 0 N–H and O–H groups in total. The van der Waals surface area contributed by atoms with Gasteiger partial charge >= 0.3 is 0 Å². The van der Waals surface area contributed by atoms with Crippen LogP contribution in [0.4, 0.5) is 0 Å². The van der Waals surface area contributed by atoms with E-state index in [9.17, 15) is 0 Å². The van der Waals surface area contributed by atoms with E-state index in [2.05, 4.69) is 87.5 Å². The fourth-order valence-electron chi connectivity index (χ4n) is 3.76. The molecule has 0 aliphatic heterocycles. The average molecular weight is 296 g/mol. The first-order valence-electron chi connectivity index (χ1n) is 8.14. The zero-order valence-corrected chi connectivity index (χ0v) is 13.9. The number of aryl methyl sites for hydroxylation is 3. The van der Waals surface area contributed by atoms with Crippen molar-refractivity contribution in [3.8, 4) is 11.1 Å². The van der Waals surface area contributed by atoms with E-state index < -0.39 is 0 Å². The third-order valence-electron chi connectivity index (χ3n) is 4.86. The second-order valence-corrected chi connectivity index (χ2v) is 6.41. The van der Waals surface area contributed by atoms with Crippen molar-refractivity contribution in [1.82, 2.24) is 0 Å². The van der Waals surface area contributed by atoms with Crippen molar-refractivity contribution in [2.75, 3.05) is 0 Å². The normalized spacial score (nSPS) is 11.3. The summed E-state index contributed by atoms with van der Waals surface area (Å²) in [5.74, 6) is 0. The standard InChI is InChI=1S/C23H20/c1-15-12-13-22(20-10-6-4-8-18(15)20)23-17(3)14-16(2)19-9-5-7-11-21(19)23/h4-14H,1-3H3. The largest absolute Gasteiger partial charge is 0.0616 e. The molecule has 0 saturated heterocycles. The Hall–Kier alpha value is -2.60. The van der Waals surface area contributed by atoms with Gasteiger partial charge in [-0.25, -0.2) is 0 Å². The van der Waals surface area contributed by atoms with Crippen LogP contribution < -0.4 is 0 Å². The number of benzene rings is 4. The second kappa shape index (κ2) is 5.24. The van der Waals surface area contributed by atoms with Gasteiger partial charge in [0.1, 0.15) is 0 Å². The molecule has 0 radical (unpaired) electrons. The first-order valence-corrected chi connectivity index (χ1v) is 8.14. The summed E-state index contributed by atoms with van der Waals surface area (Å²) >= 11 is 0. The van der Waals surface area contributed by atoms with E-state index in [-0.39, 0.29) is 0 Å². The van der Waals surface area contributed by atoms with Gasteiger partial charge in [0.15, 0.2) is 0 Å². The van der Waals surface area contributed by atoms with Crippen LogP contribution in [0.15, 0.2) is 66.7 Å². The lowest BCUT2D eigenvalue weighted by Gasteiger charge is -2.16. The summed E-state index contributed by atoms with van der Waals surface area (Å²) in [6.45, 7) is 6.61. The minimum atomic E-state index is 1.33. The Bertz CT molecular complexity index is 1040. The summed E-state index contributed by atoms with van der Waals surface area (Å²) in [6.07, 6.45) is 0. The number of hydrogen-bond donors (Lipinski definition) is 0. The van der Waals surface area contributed by atoms with Crippen molar-refractivity contribution < 1.29 is 0 Å². The number of hydrogen-bond acceptors (Lipinski definition) is 0. The molecule has 0 unspecified atom stereocenters. The van der Waals surface area contributed by atoms with Gasteiger partial charge in [-0.05, 0) is 70.1 Å². The average Bonchev–Trinajstić information content (AvgIpc) is 2.57. The lowest BCUT2D eigenvalue weighted by Crippen LogP contribution is -1.91. The van der Waals surface area contributed by atoms with E-state index in [0.717, 1.165) is 0 Å². The maximum Gasteiger partial charge on any atom is -0.00697 e. The molecule has 0 aliphatic rings. The Labute approximate surface area is 137 Å². The molecule has 23 heavy (non-hydrogen) atoms. The van der Waals surface area contributed by atoms with Gasteiger partial charge < -0.3 is 0 Å². The molecule has 4 aromatic carbocycles. The Morgan fingerprint density at radius 3 is 1.74 bits per heavy atom. The van der Waals surface area contributed by atoms with E-state index in [1.165, 1.54) is 49.4 Å². The van der Waals surface area contributed by atoms with Gasteiger partial charge in [0.05, 0.1) is 0 Å². The molecule has 0 heterocycles. The summed E-state index contributed by atoms with van der Waals surface area (Å²) < 4.78 is 0. The SMILES string of the molecule is Cc1cc(C)c2ccccc2c1-c1ccc(C)c2ccccc12. The van der Waals surface area contributed by atoms with Gasteiger partial charge in [-0.1, -0.05) is 66.7 Å². The Morgan fingerprint density at radius 2 is 1.04 bits per heavy atom. The van der Waals surface area contributed by atoms with Crippen molar-refractivity contribution in [1.29, 1.82) is 0 Å². The van der Waals surface area contributed by atoms with Gasteiger partial charge in [-0.15, -0.1) is 0 Å². The van der Waals surface area contributed by atoms with Crippen molar-refractivity contribution in [2.24, 2.45) is 0 Å². The molecule has 0 spiro atoms. The smallest absolute Gasteiger partial charge is 0.00697 e. The molecule has 4 rings (SSSR count). The van der Waals surface area contributed by atoms with E-state index in [1.54, 1.807) is 0 Å². The molecule has 0 amide bonds. The topological polar surface area (TPSA) is 0 Å². The molecule has 0 atom stereocenters. The summed E-state index contributed by atoms with van der Waals surface area (Å²) in [5.41, 5.74) is 6.72. The number of rotatable bonds is 1. The van der Waals surface area contributed by atoms with E-state index in [1.807, 2.05) is 0 Å². The fourth-order valence-corrected chi connectivity index (χ4v) is 3.76. The van der Waals surface area contributed by atoms with Gasteiger partial charge in [-0.3, -0.25) is 0 Å². The Morgan fingerprint density at radius 1 is 0.478 bits per heavy atom. The van der Waals surface area contributed by atoms with Crippen molar-refractivity contribution >= 4 is 21.5 Å². The minimum absolute atomic E-state index is 1.33. The summed E-state index contributed by atoms with van der Waals surface area (Å²) in [4.78, 5) is 0. The van der Waals surface area contributed by atoms with Crippen LogP contribution in [0.5, 0.6) is 0 Å². The summed E-state index contributed by atoms with van der Waals surface area (Å²) in [5, 5.41) is 5.37. The summed E-state index contributed by atoms with van der Waals surface area (Å²) in [7, 11) is 0. The molecule has 0 saturated carbocycles. The van der Waals surface area contributed by atoms with Crippen molar-refractivity contribution in [3.05, 3.63) is 83.4 Å². The molecule has 0 aliphatic carbocycles. The monoisotopic (exact) mass is 296 g/mol. The highest BCUT2D eigenvalue weighted by Gasteiger charge is 2.12. The van der Waals surface area contributed by atoms with Gasteiger partial charge in [0.25, 0.3) is 0 Å². The quantitative estimate of drug-likeness (QED) is 0.372. The van der Waals surface area contributed by atoms with E-state index in [4.69, 9.17) is 0 Å². The van der Waals surface area contributed by atoms with E-state index in [0.29, 0.717) is 0 Å². The molecule has 0 heteroatoms. The molecular weight excluding hydrogens is 276 g/mol. The highest BCUT2D eigenvalue weighted by atomic mass is 14.2. The third-order valence-corrected chi connectivity index (χ3v) is 4.86. The molecule has 4 aromatic rings. The van der Waals surface area contributed by atoms with Crippen molar-refractivity contribution in [2.45, 2.75) is 20.8 Å². The highest BCUT2D eigenvalue weighted by molar-refractivity contribution is 6.08. The first-order chi connectivity index (χ1) is 11.2. The van der Waals surface area contributed by atoms with Crippen LogP contribution in [0.2, 0.25) is 0 Å². The predicted molar refractivity (Wildman–Crippen MR) is 101 cm³/mol. The van der Waals surface area contributed by atoms with Gasteiger partial charge in [-0.2, -0.15) is 0 Å². The third kappa shape index (κ3) is 2.14. The highest BCUT2D eigenvalue weighted by Crippen LogP contribution is 2.38. The van der Waals surface area contributed by atoms with Crippen molar-refractivity contribution in [3.63, 3.8) is 0 Å². The fraction of sp³-hybridized carbons (Fsp3) is 0.130. The predicted octanol–water partition coefficient (Wildman–Crippen LogP) is 6.59. The molecular formula is C23H20.